The van der Waals surface area contributed by atoms with E-state index in [1.54, 1.807) is 14.2 Å². The lowest BCUT2D eigenvalue weighted by Crippen LogP contribution is -2.22. The Kier molecular flexibility index (Phi) is 5.44. The van der Waals surface area contributed by atoms with Crippen LogP contribution in [0.1, 0.15) is 31.7 Å². The Hall–Kier alpha value is -0.450. The first-order valence-corrected chi connectivity index (χ1v) is 8.34. The van der Waals surface area contributed by atoms with Gasteiger partial charge in [0, 0.05) is 10.4 Å². The van der Waals surface area contributed by atoms with Gasteiger partial charge in [-0.2, -0.15) is 0 Å². The van der Waals surface area contributed by atoms with Crippen LogP contribution in [0.2, 0.25) is 0 Å². The summed E-state index contributed by atoms with van der Waals surface area (Å²) in [7, 11) is 3.25. The Balaban J connectivity index is 2.37. The Labute approximate surface area is 140 Å². The minimum atomic E-state index is -0.144. The third kappa shape index (κ3) is 3.17. The summed E-state index contributed by atoms with van der Waals surface area (Å²) in [5.41, 5.74) is 1.01. The molecule has 5 heteroatoms. The van der Waals surface area contributed by atoms with Crippen molar-refractivity contribution in [1.29, 1.82) is 0 Å². The Morgan fingerprint density at radius 1 is 1.10 bits per heavy atom. The van der Waals surface area contributed by atoms with Crippen LogP contribution in [0.4, 0.5) is 0 Å². The van der Waals surface area contributed by atoms with Gasteiger partial charge in [-0.1, -0.05) is 22.9 Å². The van der Waals surface area contributed by atoms with E-state index in [1.165, 1.54) is 0 Å². The van der Waals surface area contributed by atoms with Gasteiger partial charge in [-0.3, -0.25) is 0 Å². The van der Waals surface area contributed by atoms with Crippen molar-refractivity contribution in [1.82, 2.24) is 0 Å². The normalized spacial score (nSPS) is 30.2. The van der Waals surface area contributed by atoms with E-state index in [-0.39, 0.29) is 23.5 Å². The first-order valence-electron chi connectivity index (χ1n) is 7.11. The summed E-state index contributed by atoms with van der Waals surface area (Å²) in [4.78, 5) is 0. The van der Waals surface area contributed by atoms with Crippen molar-refractivity contribution in [3.63, 3.8) is 0 Å². The fourth-order valence-corrected chi connectivity index (χ4v) is 4.40. The van der Waals surface area contributed by atoms with Crippen LogP contribution >= 0.6 is 27.5 Å². The molecule has 0 bridgehead atoms. The van der Waals surface area contributed by atoms with E-state index in [0.29, 0.717) is 17.4 Å². The number of ether oxygens (including phenoxy) is 3. The maximum absolute atomic E-state index is 6.79. The van der Waals surface area contributed by atoms with Crippen LogP contribution in [-0.4, -0.2) is 26.4 Å². The average molecular weight is 378 g/mol. The maximum Gasteiger partial charge on any atom is 0.161 e. The molecule has 0 N–H and O–H groups in total. The van der Waals surface area contributed by atoms with Crippen LogP contribution in [-0.2, 0) is 4.74 Å². The van der Waals surface area contributed by atoms with E-state index in [4.69, 9.17) is 25.8 Å². The lowest BCUT2D eigenvalue weighted by atomic mass is 9.84. The highest BCUT2D eigenvalue weighted by atomic mass is 79.9. The molecule has 2 rings (SSSR count). The largest absolute Gasteiger partial charge is 0.493 e. The summed E-state index contributed by atoms with van der Waals surface area (Å²) in [5.74, 6) is 2.04. The molecule has 0 radical (unpaired) electrons. The van der Waals surface area contributed by atoms with Gasteiger partial charge in [0.15, 0.2) is 11.5 Å². The SMILES string of the molecule is COc1cc(Br)c(C(Cl)C2C(C)OC(C)C2C)cc1OC. The minimum Gasteiger partial charge on any atom is -0.493 e. The molecule has 0 spiro atoms. The van der Waals surface area contributed by atoms with Crippen LogP contribution in [0.3, 0.4) is 0 Å². The molecule has 1 aromatic carbocycles. The Morgan fingerprint density at radius 3 is 2.14 bits per heavy atom. The molecule has 1 aliphatic rings. The summed E-state index contributed by atoms with van der Waals surface area (Å²) < 4.78 is 17.5. The van der Waals surface area contributed by atoms with Gasteiger partial charge in [-0.15, -0.1) is 11.6 Å². The predicted molar refractivity (Wildman–Crippen MR) is 88.5 cm³/mol. The maximum atomic E-state index is 6.79. The number of halogens is 2. The van der Waals surface area contributed by atoms with Gasteiger partial charge in [0.2, 0.25) is 0 Å². The quantitative estimate of drug-likeness (QED) is 0.705. The van der Waals surface area contributed by atoms with E-state index < -0.39 is 0 Å². The topological polar surface area (TPSA) is 27.7 Å². The summed E-state index contributed by atoms with van der Waals surface area (Å²) in [6.07, 6.45) is 0.364. The molecule has 1 fully saturated rings. The molecule has 1 aliphatic heterocycles. The van der Waals surface area contributed by atoms with E-state index in [2.05, 4.69) is 36.7 Å². The third-order valence-corrected chi connectivity index (χ3v) is 5.67. The summed E-state index contributed by atoms with van der Waals surface area (Å²) >= 11 is 10.4. The van der Waals surface area contributed by atoms with Gasteiger partial charge in [0.25, 0.3) is 0 Å². The van der Waals surface area contributed by atoms with Gasteiger partial charge in [-0.05, 0) is 37.5 Å². The van der Waals surface area contributed by atoms with Gasteiger partial charge < -0.3 is 14.2 Å². The van der Waals surface area contributed by atoms with Crippen LogP contribution in [0.15, 0.2) is 16.6 Å². The van der Waals surface area contributed by atoms with Crippen molar-refractivity contribution in [2.45, 2.75) is 38.4 Å². The third-order valence-electron chi connectivity index (χ3n) is 4.46. The highest BCUT2D eigenvalue weighted by molar-refractivity contribution is 9.10. The number of hydrogen-bond acceptors (Lipinski definition) is 3. The highest BCUT2D eigenvalue weighted by Crippen LogP contribution is 2.47. The number of methoxy groups -OCH3 is 2. The fourth-order valence-electron chi connectivity index (χ4n) is 3.09. The molecule has 0 amide bonds. The lowest BCUT2D eigenvalue weighted by molar-refractivity contribution is 0.0508. The zero-order chi connectivity index (χ0) is 15.7. The first-order chi connectivity index (χ1) is 9.90. The van der Waals surface area contributed by atoms with Crippen molar-refractivity contribution >= 4 is 27.5 Å². The molecule has 1 heterocycles. The van der Waals surface area contributed by atoms with Crippen molar-refractivity contribution < 1.29 is 14.2 Å². The van der Waals surface area contributed by atoms with E-state index in [0.717, 1.165) is 10.0 Å². The van der Waals surface area contributed by atoms with E-state index >= 15 is 0 Å². The molecule has 3 nitrogen and oxygen atoms in total. The number of hydrogen-bond donors (Lipinski definition) is 0. The minimum absolute atomic E-state index is 0.137. The lowest BCUT2D eigenvalue weighted by Gasteiger charge is -2.26. The second-order valence-corrected chi connectivity index (χ2v) is 6.94. The molecule has 0 aromatic heterocycles. The van der Waals surface area contributed by atoms with Crippen molar-refractivity contribution in [3.8, 4) is 11.5 Å². The highest BCUT2D eigenvalue weighted by Gasteiger charge is 2.42. The van der Waals surface area contributed by atoms with Gasteiger partial charge in [-0.25, -0.2) is 0 Å². The van der Waals surface area contributed by atoms with E-state index in [9.17, 15) is 0 Å². The van der Waals surface area contributed by atoms with Gasteiger partial charge in [0.1, 0.15) is 0 Å². The molecule has 5 atom stereocenters. The molecule has 5 unspecified atom stereocenters. The molecule has 118 valence electrons. The summed E-state index contributed by atoms with van der Waals surface area (Å²) in [6, 6.07) is 3.85. The molecular formula is C16H22BrClO3. The molecule has 0 saturated carbocycles. The van der Waals surface area contributed by atoms with Crippen molar-refractivity contribution in [3.05, 3.63) is 22.2 Å². The smallest absolute Gasteiger partial charge is 0.161 e. The average Bonchev–Trinajstić information content (AvgIpc) is 2.71. The monoisotopic (exact) mass is 376 g/mol. The molecule has 1 aromatic rings. The fraction of sp³-hybridized carbons (Fsp3) is 0.625. The molecule has 21 heavy (non-hydrogen) atoms. The van der Waals surface area contributed by atoms with E-state index in [1.807, 2.05) is 12.1 Å². The van der Waals surface area contributed by atoms with Gasteiger partial charge in [0.05, 0.1) is 31.8 Å². The Morgan fingerprint density at radius 2 is 1.67 bits per heavy atom. The zero-order valence-electron chi connectivity index (χ0n) is 13.0. The second kappa shape index (κ2) is 6.76. The number of alkyl halides is 1. The number of benzene rings is 1. The van der Waals surface area contributed by atoms with Gasteiger partial charge >= 0.3 is 0 Å². The van der Waals surface area contributed by atoms with Crippen molar-refractivity contribution in [2.24, 2.45) is 11.8 Å². The molecular weight excluding hydrogens is 356 g/mol. The summed E-state index contributed by atoms with van der Waals surface area (Å²) in [5, 5.41) is -0.144. The summed E-state index contributed by atoms with van der Waals surface area (Å²) in [6.45, 7) is 6.39. The first kappa shape index (κ1) is 16.9. The number of rotatable bonds is 4. The zero-order valence-corrected chi connectivity index (χ0v) is 15.4. The molecule has 0 aliphatic carbocycles. The van der Waals surface area contributed by atoms with Crippen molar-refractivity contribution in [2.75, 3.05) is 14.2 Å². The van der Waals surface area contributed by atoms with Crippen LogP contribution in [0.5, 0.6) is 11.5 Å². The standard InChI is InChI=1S/C16H22BrClO3/c1-8-9(2)21-10(3)15(8)16(18)11-6-13(19-4)14(20-5)7-12(11)17/h6-10,15-16H,1-5H3. The van der Waals surface area contributed by atoms with Crippen LogP contribution in [0.25, 0.3) is 0 Å². The second-order valence-electron chi connectivity index (χ2n) is 5.61. The molecule has 1 saturated heterocycles. The van der Waals surface area contributed by atoms with Crippen LogP contribution in [0, 0.1) is 11.8 Å². The van der Waals surface area contributed by atoms with Crippen LogP contribution < -0.4 is 9.47 Å². The predicted octanol–water partition coefficient (Wildman–Crippen LogP) is 4.81. The Bertz CT molecular complexity index is 509.